The zero-order valence-electron chi connectivity index (χ0n) is 10.8. The van der Waals surface area contributed by atoms with Gasteiger partial charge >= 0.3 is 0 Å². The molecular weight excluding hydrogens is 268 g/mol. The minimum Gasteiger partial charge on any atom is -0.337 e. The van der Waals surface area contributed by atoms with Crippen LogP contribution in [0.2, 0.25) is 0 Å². The van der Waals surface area contributed by atoms with Crippen molar-refractivity contribution in [1.82, 2.24) is 14.6 Å². The monoisotopic (exact) mass is 282 g/mol. The van der Waals surface area contributed by atoms with Gasteiger partial charge in [-0.3, -0.25) is 4.98 Å². The molecule has 0 aliphatic heterocycles. The molecule has 0 unspecified atom stereocenters. The number of hydrogen-bond acceptors (Lipinski definition) is 4. The highest BCUT2D eigenvalue weighted by molar-refractivity contribution is 7.98. The molecule has 0 bridgehead atoms. The lowest BCUT2D eigenvalue weighted by Crippen LogP contribution is -2.07. The summed E-state index contributed by atoms with van der Waals surface area (Å²) in [7, 11) is 0. The molecule has 3 aromatic rings. The summed E-state index contributed by atoms with van der Waals surface area (Å²) < 4.78 is 1.57. The summed E-state index contributed by atoms with van der Waals surface area (Å²) in [5.41, 5.74) is 3.11. The average Bonchev–Trinajstić information content (AvgIpc) is 2.88. The smallest absolute Gasteiger partial charge is 0.187 e. The van der Waals surface area contributed by atoms with Gasteiger partial charge in [0, 0.05) is 23.7 Å². The van der Waals surface area contributed by atoms with Crippen molar-refractivity contribution in [3.63, 3.8) is 0 Å². The fourth-order valence-corrected chi connectivity index (χ4v) is 2.69. The van der Waals surface area contributed by atoms with Gasteiger partial charge in [0.15, 0.2) is 5.16 Å². The molecule has 2 aromatic heterocycles. The van der Waals surface area contributed by atoms with Crippen molar-refractivity contribution >= 4 is 11.8 Å². The van der Waals surface area contributed by atoms with Crippen molar-refractivity contribution in [3.8, 4) is 11.3 Å². The first-order valence-corrected chi connectivity index (χ1v) is 7.23. The van der Waals surface area contributed by atoms with Crippen molar-refractivity contribution < 1.29 is 0 Å². The SMILES string of the molecule is Nn1cc(-c2ccccc2)nc1SCc1cccnc1. The molecule has 2 N–H and O–H groups in total. The van der Waals surface area contributed by atoms with Gasteiger partial charge in [0.25, 0.3) is 0 Å². The summed E-state index contributed by atoms with van der Waals surface area (Å²) in [6.45, 7) is 0. The lowest BCUT2D eigenvalue weighted by atomic mass is 10.2. The first kappa shape index (κ1) is 12.7. The Labute approximate surface area is 121 Å². The molecule has 4 nitrogen and oxygen atoms in total. The molecule has 0 saturated heterocycles. The molecule has 0 aliphatic carbocycles. The molecule has 2 heterocycles. The van der Waals surface area contributed by atoms with Crippen molar-refractivity contribution in [2.45, 2.75) is 10.9 Å². The van der Waals surface area contributed by atoms with Crippen LogP contribution < -0.4 is 5.84 Å². The van der Waals surface area contributed by atoms with E-state index in [0.29, 0.717) is 0 Å². The number of pyridine rings is 1. The van der Waals surface area contributed by atoms with E-state index >= 15 is 0 Å². The van der Waals surface area contributed by atoms with Crippen molar-refractivity contribution in [3.05, 3.63) is 66.6 Å². The van der Waals surface area contributed by atoms with E-state index in [-0.39, 0.29) is 0 Å². The van der Waals surface area contributed by atoms with Crippen LogP contribution >= 0.6 is 11.8 Å². The third kappa shape index (κ3) is 2.83. The van der Waals surface area contributed by atoms with Crippen LogP contribution in [0.5, 0.6) is 0 Å². The zero-order chi connectivity index (χ0) is 13.8. The third-order valence-electron chi connectivity index (χ3n) is 2.86. The number of rotatable bonds is 4. The maximum atomic E-state index is 5.96. The van der Waals surface area contributed by atoms with E-state index in [0.717, 1.165) is 27.7 Å². The number of hydrogen-bond donors (Lipinski definition) is 1. The van der Waals surface area contributed by atoms with Crippen molar-refractivity contribution in [2.75, 3.05) is 5.84 Å². The molecule has 0 atom stereocenters. The van der Waals surface area contributed by atoms with E-state index in [1.807, 2.05) is 54.9 Å². The van der Waals surface area contributed by atoms with Gasteiger partial charge < -0.3 is 5.84 Å². The van der Waals surface area contributed by atoms with Crippen LogP contribution in [0, 0.1) is 0 Å². The van der Waals surface area contributed by atoms with Gasteiger partial charge in [0.05, 0.1) is 11.9 Å². The van der Waals surface area contributed by atoms with E-state index in [1.54, 1.807) is 22.6 Å². The van der Waals surface area contributed by atoms with E-state index in [2.05, 4.69) is 9.97 Å². The highest BCUT2D eigenvalue weighted by atomic mass is 32.2. The predicted molar refractivity (Wildman–Crippen MR) is 81.6 cm³/mol. The minimum absolute atomic E-state index is 0.799. The van der Waals surface area contributed by atoms with Crippen LogP contribution in [0.4, 0.5) is 0 Å². The van der Waals surface area contributed by atoms with Crippen molar-refractivity contribution in [2.24, 2.45) is 0 Å². The van der Waals surface area contributed by atoms with Crippen LogP contribution in [0.15, 0.2) is 66.2 Å². The molecule has 0 fully saturated rings. The maximum Gasteiger partial charge on any atom is 0.187 e. The maximum absolute atomic E-state index is 5.96. The highest BCUT2D eigenvalue weighted by Gasteiger charge is 2.08. The van der Waals surface area contributed by atoms with E-state index < -0.39 is 0 Å². The molecule has 0 radical (unpaired) electrons. The second-order valence-corrected chi connectivity index (χ2v) is 5.27. The Balaban J connectivity index is 1.76. The Hall–Kier alpha value is -2.27. The van der Waals surface area contributed by atoms with Gasteiger partial charge in [0.2, 0.25) is 0 Å². The van der Waals surface area contributed by atoms with Gasteiger partial charge in [-0.05, 0) is 11.6 Å². The summed E-state index contributed by atoms with van der Waals surface area (Å²) in [5.74, 6) is 6.76. The van der Waals surface area contributed by atoms with Gasteiger partial charge in [-0.25, -0.2) is 9.66 Å². The molecule has 20 heavy (non-hydrogen) atoms. The Kier molecular flexibility index (Phi) is 3.69. The molecule has 0 aliphatic rings. The lowest BCUT2D eigenvalue weighted by Gasteiger charge is -2.00. The number of aromatic nitrogens is 3. The third-order valence-corrected chi connectivity index (χ3v) is 3.90. The van der Waals surface area contributed by atoms with Gasteiger partial charge in [-0.1, -0.05) is 48.2 Å². The topological polar surface area (TPSA) is 56.7 Å². The summed E-state index contributed by atoms with van der Waals surface area (Å²) in [6.07, 6.45) is 5.47. The van der Waals surface area contributed by atoms with E-state index in [4.69, 9.17) is 5.84 Å². The Bertz CT molecular complexity index is 680. The van der Waals surface area contributed by atoms with Gasteiger partial charge in [0.1, 0.15) is 0 Å². The Morgan fingerprint density at radius 2 is 1.95 bits per heavy atom. The molecule has 1 aromatic carbocycles. The number of benzene rings is 1. The first-order valence-electron chi connectivity index (χ1n) is 6.24. The van der Waals surface area contributed by atoms with E-state index in [1.165, 1.54) is 0 Å². The number of thioether (sulfide) groups is 1. The van der Waals surface area contributed by atoms with E-state index in [9.17, 15) is 0 Å². The highest BCUT2D eigenvalue weighted by Crippen LogP contribution is 2.24. The standard InChI is InChI=1S/C15H14N4S/c16-19-10-14(13-6-2-1-3-7-13)18-15(19)20-11-12-5-4-8-17-9-12/h1-10H,11,16H2. The normalized spacial score (nSPS) is 10.6. The Morgan fingerprint density at radius 1 is 1.10 bits per heavy atom. The molecule has 0 spiro atoms. The fraction of sp³-hybridized carbons (Fsp3) is 0.0667. The summed E-state index contributed by atoms with van der Waals surface area (Å²) in [6, 6.07) is 14.0. The summed E-state index contributed by atoms with van der Waals surface area (Å²) in [5, 5.41) is 0.799. The molecule has 0 amide bonds. The van der Waals surface area contributed by atoms with Crippen molar-refractivity contribution in [1.29, 1.82) is 0 Å². The van der Waals surface area contributed by atoms with Crippen LogP contribution in [0.25, 0.3) is 11.3 Å². The van der Waals surface area contributed by atoms with Crippen LogP contribution in [0.1, 0.15) is 5.56 Å². The number of nitrogens with two attached hydrogens (primary N) is 1. The van der Waals surface area contributed by atoms with Crippen LogP contribution in [0.3, 0.4) is 0 Å². The number of nitrogens with zero attached hydrogens (tertiary/aromatic N) is 3. The summed E-state index contributed by atoms with van der Waals surface area (Å²) >= 11 is 1.60. The first-order chi connectivity index (χ1) is 9.83. The second-order valence-electron chi connectivity index (χ2n) is 4.33. The number of imidazole rings is 1. The van der Waals surface area contributed by atoms with Gasteiger partial charge in [-0.2, -0.15) is 0 Å². The largest absolute Gasteiger partial charge is 0.337 e. The van der Waals surface area contributed by atoms with Crippen LogP contribution in [-0.4, -0.2) is 14.6 Å². The summed E-state index contributed by atoms with van der Waals surface area (Å²) in [4.78, 5) is 8.68. The molecule has 3 rings (SSSR count). The van der Waals surface area contributed by atoms with Crippen LogP contribution in [-0.2, 0) is 5.75 Å². The minimum atomic E-state index is 0.799. The molecular formula is C15H14N4S. The molecule has 5 heteroatoms. The second kappa shape index (κ2) is 5.79. The number of nitrogen functional groups attached to an aromatic ring is 1. The average molecular weight is 282 g/mol. The Morgan fingerprint density at radius 3 is 2.70 bits per heavy atom. The predicted octanol–water partition coefficient (Wildman–Crippen LogP) is 2.95. The molecule has 100 valence electrons. The lowest BCUT2D eigenvalue weighted by molar-refractivity contribution is 0.851. The zero-order valence-corrected chi connectivity index (χ0v) is 11.6. The quantitative estimate of drug-likeness (QED) is 0.590. The van der Waals surface area contributed by atoms with Gasteiger partial charge in [-0.15, -0.1) is 0 Å². The fourth-order valence-electron chi connectivity index (χ4n) is 1.86. The molecule has 0 saturated carbocycles.